The zero-order chi connectivity index (χ0) is 26.2. The summed E-state index contributed by atoms with van der Waals surface area (Å²) in [4.78, 5) is 39.3. The van der Waals surface area contributed by atoms with Crippen LogP contribution in [0.1, 0.15) is 0 Å². The molecule has 194 valence electrons. The first-order valence-electron chi connectivity index (χ1n) is 12.9. The fourth-order valence-corrected chi connectivity index (χ4v) is 5.46. The number of hydrogen-bond acceptors (Lipinski definition) is 6. The van der Waals surface area contributed by atoms with E-state index in [1.807, 2.05) is 97.1 Å². The van der Waals surface area contributed by atoms with Gasteiger partial charge in [0.2, 0.25) is 0 Å². The Morgan fingerprint density at radius 1 is 0.333 bits per heavy atom. The fourth-order valence-electron chi connectivity index (χ4n) is 5.46. The monoisotopic (exact) mass is 578 g/mol. The average Bonchev–Trinajstić information content (AvgIpc) is 3.73. The van der Waals surface area contributed by atoms with E-state index in [0.29, 0.717) is 45.9 Å². The summed E-state index contributed by atoms with van der Waals surface area (Å²) >= 11 is 0. The molecule has 2 aliphatic rings. The maximum absolute atomic E-state index is 4.95. The maximum atomic E-state index is 4.95. The molecular weight excluding hydrogens is 562 g/mol. The second-order valence-electron chi connectivity index (χ2n) is 9.67. The summed E-state index contributed by atoms with van der Waals surface area (Å²) in [7, 11) is 0. The van der Waals surface area contributed by atoms with Crippen molar-refractivity contribution in [3.63, 3.8) is 0 Å². The van der Waals surface area contributed by atoms with Gasteiger partial charge in [-0.05, 0) is 21.5 Å². The second-order valence-corrected chi connectivity index (χ2v) is 9.67. The largest absolute Gasteiger partial charge is 2.00 e. The van der Waals surface area contributed by atoms with Crippen LogP contribution in [0.15, 0.2) is 97.1 Å². The Morgan fingerprint density at radius 2 is 0.571 bits per heavy atom. The van der Waals surface area contributed by atoms with Gasteiger partial charge in [-0.1, -0.05) is 97.1 Å². The molecule has 0 spiro atoms. The third-order valence-electron chi connectivity index (χ3n) is 7.33. The average molecular weight is 578 g/mol. The zero-order valence-corrected chi connectivity index (χ0v) is 23.2. The molecule has 2 aliphatic heterocycles. The first kappa shape index (κ1) is 26.3. The Bertz CT molecular complexity index is 2040. The molecule has 2 radical (unpaired) electrons. The van der Waals surface area contributed by atoms with Crippen LogP contribution < -0.4 is 9.97 Å². The van der Waals surface area contributed by atoms with E-state index in [4.69, 9.17) is 39.9 Å². The van der Waals surface area contributed by atoms with Crippen molar-refractivity contribution >= 4 is 63.0 Å². The van der Waals surface area contributed by atoms with Crippen LogP contribution >= 0.6 is 0 Å². The van der Waals surface area contributed by atoms with Crippen LogP contribution in [0.5, 0.6) is 0 Å². The Hall–Kier alpha value is -4.66. The molecule has 0 amide bonds. The number of benzene rings is 4. The van der Waals surface area contributed by atoms with Gasteiger partial charge in [0.1, 0.15) is 0 Å². The van der Waals surface area contributed by atoms with Crippen molar-refractivity contribution in [2.75, 3.05) is 0 Å². The molecule has 0 fully saturated rings. The molecule has 8 nitrogen and oxygen atoms in total. The number of rotatable bonds is 0. The van der Waals surface area contributed by atoms with E-state index in [9.17, 15) is 0 Å². The standard InChI is InChI=1S/C32H16N8.Co.Li/c1-2-10-18-17(9-1)25-33-26(18)38-28-21-13-5-6-14-22(21)30(35-28)40-32-24-16-8-7-15-23(24)31(36-32)39-29-20-12-4-3-11-19(20)27(34-29)37-25;;/h1-16H;;/q-2;+2;. The summed E-state index contributed by atoms with van der Waals surface area (Å²) in [5, 5.41) is 3.57. The molecule has 9 rings (SSSR count). The summed E-state index contributed by atoms with van der Waals surface area (Å²) in [6, 6.07) is 31.8. The van der Waals surface area contributed by atoms with Crippen LogP contribution in [0.2, 0.25) is 0 Å². The molecular formula is C32H16CoLiN8. The third-order valence-corrected chi connectivity index (χ3v) is 7.33. The molecule has 0 N–H and O–H groups in total. The van der Waals surface area contributed by atoms with Crippen molar-refractivity contribution < 1.29 is 16.8 Å². The van der Waals surface area contributed by atoms with Crippen molar-refractivity contribution in [1.82, 2.24) is 39.9 Å². The van der Waals surface area contributed by atoms with E-state index >= 15 is 0 Å². The first-order chi connectivity index (χ1) is 19.8. The molecule has 8 bridgehead atoms. The molecule has 42 heavy (non-hydrogen) atoms. The van der Waals surface area contributed by atoms with Gasteiger partial charge in [-0.2, -0.15) is 0 Å². The number of aromatic nitrogens is 8. The number of fused-ring (bicyclic) bond motifs is 20. The molecule has 10 heteroatoms. The number of hydrogen-bond donors (Lipinski definition) is 0. The fraction of sp³-hybridized carbons (Fsp3) is 0. The second kappa shape index (κ2) is 10.0. The van der Waals surface area contributed by atoms with E-state index in [0.717, 1.165) is 43.8 Å². The zero-order valence-electron chi connectivity index (χ0n) is 22.1. The van der Waals surface area contributed by atoms with Gasteiger partial charge < -0.3 is 29.9 Å². The van der Waals surface area contributed by atoms with Crippen LogP contribution in [0.3, 0.4) is 0 Å². The molecule has 7 aromatic rings. The van der Waals surface area contributed by atoms with E-state index in [2.05, 4.69) is 0 Å². The van der Waals surface area contributed by atoms with Crippen LogP contribution in [0, 0.1) is 0 Å². The van der Waals surface area contributed by atoms with Crippen LogP contribution in [0.4, 0.5) is 0 Å². The van der Waals surface area contributed by atoms with Gasteiger partial charge in [0, 0.05) is 63.7 Å². The summed E-state index contributed by atoms with van der Waals surface area (Å²) < 4.78 is 0. The molecule has 0 unspecified atom stereocenters. The Morgan fingerprint density at radius 3 is 0.833 bits per heavy atom. The van der Waals surface area contributed by atoms with Crippen LogP contribution in [0.25, 0.3) is 89.7 Å². The van der Waals surface area contributed by atoms with Gasteiger partial charge in [0.15, 0.2) is 0 Å². The normalized spacial score (nSPS) is 11.4. The smallest absolute Gasteiger partial charge is 0.357 e. The van der Waals surface area contributed by atoms with Crippen LogP contribution in [-0.2, 0) is 16.8 Å². The summed E-state index contributed by atoms with van der Waals surface area (Å²) in [5.41, 5.74) is 5.78. The molecule has 0 aliphatic carbocycles. The Balaban J connectivity index is 0.00000144. The maximum Gasteiger partial charge on any atom is 2.00 e. The first-order valence-corrected chi connectivity index (χ1v) is 12.9. The van der Waals surface area contributed by atoms with Crippen molar-refractivity contribution in [2.45, 2.75) is 0 Å². The van der Waals surface area contributed by atoms with Crippen molar-refractivity contribution in [3.8, 4) is 45.6 Å². The minimum atomic E-state index is 0. The van der Waals surface area contributed by atoms with Crippen LogP contribution in [-0.4, -0.2) is 48.8 Å². The predicted octanol–water partition coefficient (Wildman–Crippen LogP) is 5.74. The van der Waals surface area contributed by atoms with Gasteiger partial charge in [-0.15, -0.1) is 0 Å². The number of nitrogens with zero attached hydrogens (tertiary/aromatic N) is 8. The van der Waals surface area contributed by atoms with Crippen molar-refractivity contribution in [2.24, 2.45) is 0 Å². The van der Waals surface area contributed by atoms with E-state index in [1.165, 1.54) is 0 Å². The van der Waals surface area contributed by atoms with E-state index < -0.39 is 0 Å². The minimum absolute atomic E-state index is 0. The Kier molecular flexibility index (Phi) is 6.26. The molecule has 0 atom stereocenters. The SMILES string of the molecule is [Co+2].[Li].c1ccc2c(c1)-c1nc-2nc2[n-]c(nc3nc(nc4[n-]c(n1)c1ccccc41)-c1ccccc1-3)c1ccccc21. The quantitative estimate of drug-likeness (QED) is 0.210. The van der Waals surface area contributed by atoms with Gasteiger partial charge in [-0.3, -0.25) is 0 Å². The van der Waals surface area contributed by atoms with Gasteiger partial charge in [-0.25, -0.2) is 9.97 Å². The molecule has 3 aromatic heterocycles. The molecule has 4 aromatic carbocycles. The van der Waals surface area contributed by atoms with Crippen molar-refractivity contribution in [3.05, 3.63) is 97.1 Å². The van der Waals surface area contributed by atoms with E-state index in [1.54, 1.807) is 0 Å². The Labute approximate surface area is 261 Å². The minimum Gasteiger partial charge on any atom is -0.357 e. The summed E-state index contributed by atoms with van der Waals surface area (Å²) in [5.74, 6) is 2.21. The molecule has 5 heterocycles. The van der Waals surface area contributed by atoms with Gasteiger partial charge >= 0.3 is 16.8 Å². The molecule has 0 saturated heterocycles. The summed E-state index contributed by atoms with van der Waals surface area (Å²) in [6.45, 7) is 0. The van der Waals surface area contributed by atoms with Gasteiger partial charge in [0.25, 0.3) is 0 Å². The van der Waals surface area contributed by atoms with E-state index in [-0.39, 0.29) is 35.6 Å². The predicted molar refractivity (Wildman–Crippen MR) is 160 cm³/mol. The molecule has 0 saturated carbocycles. The van der Waals surface area contributed by atoms with Gasteiger partial charge in [0.05, 0.1) is 23.3 Å². The summed E-state index contributed by atoms with van der Waals surface area (Å²) in [6.07, 6.45) is 0. The topological polar surface area (TPSA) is 106 Å². The van der Waals surface area contributed by atoms with Crippen molar-refractivity contribution in [1.29, 1.82) is 0 Å². The third kappa shape index (κ3) is 3.90.